The molecule has 6 heteroatoms. The molecule has 0 radical (unpaired) electrons. The molecule has 0 saturated heterocycles. The summed E-state index contributed by atoms with van der Waals surface area (Å²) >= 11 is 3.16. The van der Waals surface area contributed by atoms with Gasteiger partial charge in [-0.25, -0.2) is 0 Å². The van der Waals surface area contributed by atoms with E-state index in [4.69, 9.17) is 14.9 Å². The highest BCUT2D eigenvalue weighted by Gasteiger charge is 2.12. The summed E-state index contributed by atoms with van der Waals surface area (Å²) in [6, 6.07) is 8.67. The number of halogens is 1. The molecule has 0 bridgehead atoms. The molecule has 0 fully saturated rings. The fourth-order valence-corrected chi connectivity index (χ4v) is 1.89. The summed E-state index contributed by atoms with van der Waals surface area (Å²) < 4.78 is 10.8. The molecule has 0 saturated carbocycles. The van der Waals surface area contributed by atoms with Gasteiger partial charge in [-0.05, 0) is 46.3 Å². The molecule has 5 nitrogen and oxygen atoms in total. The van der Waals surface area contributed by atoms with E-state index < -0.39 is 0 Å². The highest BCUT2D eigenvalue weighted by molar-refractivity contribution is 9.10. The minimum atomic E-state index is -0.240. The van der Waals surface area contributed by atoms with Gasteiger partial charge in [-0.2, -0.15) is 0 Å². The molecule has 2 aromatic rings. The lowest BCUT2D eigenvalue weighted by Crippen LogP contribution is -2.12. The van der Waals surface area contributed by atoms with Crippen molar-refractivity contribution in [1.29, 1.82) is 0 Å². The second kappa shape index (κ2) is 6.40. The third-order valence-electron chi connectivity index (χ3n) is 2.36. The third-order valence-corrected chi connectivity index (χ3v) is 2.98. The zero-order chi connectivity index (χ0) is 13.7. The van der Waals surface area contributed by atoms with Crippen LogP contribution in [0.25, 0.3) is 0 Å². The second-order valence-corrected chi connectivity index (χ2v) is 4.44. The topological polar surface area (TPSA) is 77.5 Å². The van der Waals surface area contributed by atoms with E-state index in [1.807, 2.05) is 0 Å². The summed E-state index contributed by atoms with van der Waals surface area (Å²) in [6.45, 7) is 0.931. The monoisotopic (exact) mass is 324 g/mol. The minimum absolute atomic E-state index is 0.240. The molecule has 0 aliphatic carbocycles. The molecule has 1 amide bonds. The lowest BCUT2D eigenvalue weighted by molar-refractivity contribution is 0.102. The maximum Gasteiger partial charge on any atom is 0.260 e. The number of ether oxygens (including phenoxy) is 1. The van der Waals surface area contributed by atoms with Crippen molar-refractivity contribution in [3.8, 4) is 5.75 Å². The van der Waals surface area contributed by atoms with Crippen LogP contribution in [0.15, 0.2) is 45.7 Å². The summed E-state index contributed by atoms with van der Waals surface area (Å²) in [5.41, 5.74) is 6.47. The molecule has 100 valence electrons. The van der Waals surface area contributed by atoms with Gasteiger partial charge in [0.25, 0.3) is 5.91 Å². The zero-order valence-corrected chi connectivity index (χ0v) is 11.6. The van der Waals surface area contributed by atoms with Crippen LogP contribution in [0.5, 0.6) is 5.75 Å². The fraction of sp³-hybridized carbons (Fsp3) is 0.154. The summed E-state index contributed by atoms with van der Waals surface area (Å²) in [5.74, 6) is 0.476. The Bertz CT molecular complexity index is 551. The van der Waals surface area contributed by atoms with Gasteiger partial charge in [0.05, 0.1) is 11.8 Å². The molecule has 1 heterocycles. The van der Waals surface area contributed by atoms with Gasteiger partial charge in [-0.15, -0.1) is 0 Å². The lowest BCUT2D eigenvalue weighted by Gasteiger charge is -2.07. The van der Waals surface area contributed by atoms with E-state index in [-0.39, 0.29) is 5.91 Å². The molecule has 19 heavy (non-hydrogen) atoms. The standard InChI is InChI=1S/C13H13BrN2O3/c14-12-11(5-7-19-12)13(17)16-9-1-3-10(4-2-9)18-8-6-15/h1-5,7H,6,8,15H2,(H,16,17). The van der Waals surface area contributed by atoms with Crippen molar-refractivity contribution in [1.82, 2.24) is 0 Å². The van der Waals surface area contributed by atoms with Crippen LogP contribution in [0.2, 0.25) is 0 Å². The molecule has 1 aromatic heterocycles. The van der Waals surface area contributed by atoms with Crippen molar-refractivity contribution >= 4 is 27.5 Å². The zero-order valence-electron chi connectivity index (χ0n) is 10.1. The predicted octanol–water partition coefficient (Wildman–Crippen LogP) is 2.63. The number of nitrogens with one attached hydrogen (secondary N) is 1. The minimum Gasteiger partial charge on any atom is -0.492 e. The van der Waals surface area contributed by atoms with E-state index in [1.54, 1.807) is 30.3 Å². The van der Waals surface area contributed by atoms with Crippen molar-refractivity contribution in [3.05, 3.63) is 46.8 Å². The Hall–Kier alpha value is -1.79. The van der Waals surface area contributed by atoms with Crippen LogP contribution in [-0.4, -0.2) is 19.1 Å². The first-order valence-electron chi connectivity index (χ1n) is 5.68. The summed E-state index contributed by atoms with van der Waals surface area (Å²) in [6.07, 6.45) is 1.45. The number of amides is 1. The Kier molecular flexibility index (Phi) is 4.59. The average Bonchev–Trinajstić information content (AvgIpc) is 2.84. The number of furan rings is 1. The van der Waals surface area contributed by atoms with Crippen LogP contribution >= 0.6 is 15.9 Å². The smallest absolute Gasteiger partial charge is 0.260 e. The van der Waals surface area contributed by atoms with Crippen LogP contribution in [0.3, 0.4) is 0 Å². The van der Waals surface area contributed by atoms with Crippen molar-refractivity contribution in [2.45, 2.75) is 0 Å². The summed E-state index contributed by atoms with van der Waals surface area (Å²) in [4.78, 5) is 11.9. The van der Waals surface area contributed by atoms with E-state index in [2.05, 4.69) is 21.2 Å². The number of rotatable bonds is 5. The Morgan fingerprint density at radius 2 is 2.05 bits per heavy atom. The van der Waals surface area contributed by atoms with E-state index in [0.717, 1.165) is 0 Å². The van der Waals surface area contributed by atoms with Crippen LogP contribution in [0.1, 0.15) is 10.4 Å². The molecule has 0 unspecified atom stereocenters. The molecule has 0 spiro atoms. The Morgan fingerprint density at radius 3 is 2.63 bits per heavy atom. The van der Waals surface area contributed by atoms with Crippen LogP contribution < -0.4 is 15.8 Å². The van der Waals surface area contributed by atoms with Gasteiger partial charge in [0.15, 0.2) is 4.67 Å². The SMILES string of the molecule is NCCOc1ccc(NC(=O)c2ccoc2Br)cc1. The van der Waals surface area contributed by atoms with E-state index in [9.17, 15) is 4.79 Å². The van der Waals surface area contributed by atoms with Gasteiger partial charge in [-0.3, -0.25) is 4.79 Å². The van der Waals surface area contributed by atoms with E-state index in [0.29, 0.717) is 34.8 Å². The maximum absolute atomic E-state index is 11.9. The van der Waals surface area contributed by atoms with Gasteiger partial charge in [0, 0.05) is 12.2 Å². The number of hydrogen-bond acceptors (Lipinski definition) is 4. The van der Waals surface area contributed by atoms with Crippen LogP contribution in [-0.2, 0) is 0 Å². The van der Waals surface area contributed by atoms with E-state index >= 15 is 0 Å². The van der Waals surface area contributed by atoms with Crippen molar-refractivity contribution in [3.63, 3.8) is 0 Å². The average molecular weight is 325 g/mol. The van der Waals surface area contributed by atoms with Gasteiger partial charge in [0.1, 0.15) is 12.4 Å². The third kappa shape index (κ3) is 3.59. The van der Waals surface area contributed by atoms with E-state index in [1.165, 1.54) is 6.26 Å². The number of carbonyl (C=O) groups is 1. The molecule has 0 atom stereocenters. The normalized spacial score (nSPS) is 10.2. The molecule has 3 N–H and O–H groups in total. The van der Waals surface area contributed by atoms with Gasteiger partial charge in [0.2, 0.25) is 0 Å². The number of hydrogen-bond donors (Lipinski definition) is 2. The van der Waals surface area contributed by atoms with Gasteiger partial charge >= 0.3 is 0 Å². The second-order valence-electron chi connectivity index (χ2n) is 3.72. The van der Waals surface area contributed by atoms with Gasteiger partial charge < -0.3 is 20.2 Å². The first-order valence-corrected chi connectivity index (χ1v) is 6.47. The maximum atomic E-state index is 11.9. The predicted molar refractivity (Wildman–Crippen MR) is 75.4 cm³/mol. The highest BCUT2D eigenvalue weighted by Crippen LogP contribution is 2.20. The van der Waals surface area contributed by atoms with Crippen molar-refractivity contribution in [2.75, 3.05) is 18.5 Å². The highest BCUT2D eigenvalue weighted by atomic mass is 79.9. The largest absolute Gasteiger partial charge is 0.492 e. The molecule has 0 aliphatic rings. The molecular weight excluding hydrogens is 312 g/mol. The number of nitrogens with two attached hydrogens (primary N) is 1. The fourth-order valence-electron chi connectivity index (χ4n) is 1.47. The number of anilines is 1. The lowest BCUT2D eigenvalue weighted by atomic mass is 10.2. The summed E-state index contributed by atoms with van der Waals surface area (Å²) in [7, 11) is 0. The quantitative estimate of drug-likeness (QED) is 0.886. The first kappa shape index (κ1) is 13.6. The molecule has 2 rings (SSSR count). The molecular formula is C13H13BrN2O3. The van der Waals surface area contributed by atoms with Crippen LogP contribution in [0, 0.1) is 0 Å². The Balaban J connectivity index is 2.00. The van der Waals surface area contributed by atoms with Crippen molar-refractivity contribution in [2.24, 2.45) is 5.73 Å². The summed E-state index contributed by atoms with van der Waals surface area (Å²) in [5, 5.41) is 2.76. The number of carbonyl (C=O) groups excluding carboxylic acids is 1. The van der Waals surface area contributed by atoms with Crippen molar-refractivity contribution < 1.29 is 13.9 Å². The number of benzene rings is 1. The van der Waals surface area contributed by atoms with Gasteiger partial charge in [-0.1, -0.05) is 0 Å². The van der Waals surface area contributed by atoms with Crippen LogP contribution in [0.4, 0.5) is 5.69 Å². The Labute approximate surface area is 118 Å². The molecule has 0 aliphatic heterocycles. The first-order chi connectivity index (χ1) is 9.20. The molecule has 1 aromatic carbocycles. The Morgan fingerprint density at radius 1 is 1.32 bits per heavy atom.